The maximum atomic E-state index is 14.7. The molecule has 3 fully saturated rings. The Labute approximate surface area is 217 Å². The van der Waals surface area contributed by atoms with Gasteiger partial charge in [-0.2, -0.15) is 0 Å². The van der Waals surface area contributed by atoms with Gasteiger partial charge in [0.15, 0.2) is 0 Å². The molecule has 1 aromatic heterocycles. The normalized spacial score (nSPS) is 25.7. The van der Waals surface area contributed by atoms with Crippen molar-refractivity contribution in [3.63, 3.8) is 0 Å². The summed E-state index contributed by atoms with van der Waals surface area (Å²) in [5, 5.41) is 6.04. The molecular formula is C27H31F5N4O2. The van der Waals surface area contributed by atoms with Crippen LogP contribution in [0.3, 0.4) is 0 Å². The molecule has 11 heteroatoms. The molecule has 6 nitrogen and oxygen atoms in total. The second kappa shape index (κ2) is 9.98. The number of amides is 1. The number of fused-ring (bicyclic) bond motifs is 2. The van der Waals surface area contributed by atoms with Crippen LogP contribution in [0.15, 0.2) is 35.3 Å². The molecule has 2 N–H and O–H groups in total. The third-order valence-corrected chi connectivity index (χ3v) is 8.23. The number of benzene rings is 1. The quantitative estimate of drug-likeness (QED) is 0.480. The molecule has 2 aliphatic carbocycles. The third-order valence-electron chi connectivity index (χ3n) is 8.23. The Morgan fingerprint density at radius 2 is 1.74 bits per heavy atom. The van der Waals surface area contributed by atoms with E-state index in [1.165, 1.54) is 31.3 Å². The lowest BCUT2D eigenvalue weighted by molar-refractivity contribution is -0.104. The van der Waals surface area contributed by atoms with Crippen LogP contribution in [0.5, 0.6) is 0 Å². The minimum absolute atomic E-state index is 0.0404. The number of carbonyl (C=O) groups is 1. The van der Waals surface area contributed by atoms with Crippen LogP contribution in [0.25, 0.3) is 0 Å². The van der Waals surface area contributed by atoms with Crippen molar-refractivity contribution in [1.29, 1.82) is 0 Å². The molecule has 206 valence electrons. The highest BCUT2D eigenvalue weighted by atomic mass is 19.3. The molecule has 2 aromatic rings. The maximum absolute atomic E-state index is 14.7. The van der Waals surface area contributed by atoms with Gasteiger partial charge >= 0.3 is 0 Å². The fraction of sp³-hybridized carbons (Fsp3) is 0.556. The summed E-state index contributed by atoms with van der Waals surface area (Å²) in [5.74, 6) is -3.97. The number of aromatic nitrogens is 1. The van der Waals surface area contributed by atoms with Crippen LogP contribution in [-0.2, 0) is 0 Å². The Kier molecular flexibility index (Phi) is 7.00. The second-order valence-corrected chi connectivity index (χ2v) is 11.0. The predicted octanol–water partition coefficient (Wildman–Crippen LogP) is 5.14. The van der Waals surface area contributed by atoms with Gasteiger partial charge in [-0.05, 0) is 38.6 Å². The van der Waals surface area contributed by atoms with Crippen molar-refractivity contribution in [3.05, 3.63) is 63.3 Å². The van der Waals surface area contributed by atoms with Gasteiger partial charge in [0, 0.05) is 55.8 Å². The van der Waals surface area contributed by atoms with Crippen molar-refractivity contribution in [2.24, 2.45) is 11.8 Å². The molecular weight excluding hydrogens is 507 g/mol. The minimum Gasteiger partial charge on any atom is -0.381 e. The summed E-state index contributed by atoms with van der Waals surface area (Å²) in [6.07, 6.45) is -0.694. The van der Waals surface area contributed by atoms with Gasteiger partial charge in [-0.3, -0.25) is 9.59 Å². The number of anilines is 1. The van der Waals surface area contributed by atoms with E-state index in [9.17, 15) is 31.5 Å². The Morgan fingerprint density at radius 1 is 1.11 bits per heavy atom. The lowest BCUT2D eigenvalue weighted by Crippen LogP contribution is -2.47. The van der Waals surface area contributed by atoms with Crippen LogP contribution in [-0.4, -0.2) is 47.5 Å². The highest BCUT2D eigenvalue weighted by Crippen LogP contribution is 2.45. The topological polar surface area (TPSA) is 66.4 Å². The van der Waals surface area contributed by atoms with Gasteiger partial charge in [0.2, 0.25) is 0 Å². The zero-order chi connectivity index (χ0) is 27.4. The Bertz CT molecular complexity index is 1260. The predicted molar refractivity (Wildman–Crippen MR) is 132 cm³/mol. The monoisotopic (exact) mass is 538 g/mol. The number of pyridine rings is 1. The number of halogens is 5. The van der Waals surface area contributed by atoms with E-state index in [4.69, 9.17) is 0 Å². The molecule has 38 heavy (non-hydrogen) atoms. The largest absolute Gasteiger partial charge is 0.381 e. The summed E-state index contributed by atoms with van der Waals surface area (Å²) in [6, 6.07) is 3.20. The van der Waals surface area contributed by atoms with Crippen LogP contribution in [0, 0.1) is 17.7 Å². The smallest absolute Gasteiger partial charge is 0.266 e. The summed E-state index contributed by atoms with van der Waals surface area (Å²) >= 11 is 0. The molecule has 0 spiro atoms. The molecule has 1 aliphatic heterocycles. The summed E-state index contributed by atoms with van der Waals surface area (Å²) in [4.78, 5) is 28.7. The van der Waals surface area contributed by atoms with Gasteiger partial charge in [-0.15, -0.1) is 0 Å². The van der Waals surface area contributed by atoms with Crippen molar-refractivity contribution in [2.75, 3.05) is 25.5 Å². The van der Waals surface area contributed by atoms with Crippen molar-refractivity contribution in [3.8, 4) is 0 Å². The first-order valence-corrected chi connectivity index (χ1v) is 12.9. The number of nitrogens with one attached hydrogen (secondary N) is 2. The molecule has 5 rings (SSSR count). The number of rotatable bonds is 7. The zero-order valence-corrected chi connectivity index (χ0v) is 21.2. The number of hydrogen-bond donors (Lipinski definition) is 2. The number of carbonyl (C=O) groups excluding carboxylic acids is 1. The van der Waals surface area contributed by atoms with Crippen molar-refractivity contribution in [2.45, 2.75) is 63.1 Å². The van der Waals surface area contributed by atoms with E-state index in [1.54, 1.807) is 0 Å². The molecule has 3 aliphatic rings. The molecule has 2 bridgehead atoms. The zero-order valence-electron chi connectivity index (χ0n) is 21.2. The molecule has 1 saturated heterocycles. The van der Waals surface area contributed by atoms with Crippen LogP contribution in [0.2, 0.25) is 0 Å². The van der Waals surface area contributed by atoms with Gasteiger partial charge in [0.25, 0.3) is 23.8 Å². The molecule has 0 radical (unpaired) electrons. The molecule has 4 atom stereocenters. The van der Waals surface area contributed by atoms with E-state index in [-0.39, 0.29) is 22.9 Å². The summed E-state index contributed by atoms with van der Waals surface area (Å²) in [7, 11) is 2.06. The van der Waals surface area contributed by atoms with E-state index >= 15 is 0 Å². The molecule has 2 heterocycles. The standard InChI is InChI=1S/C27H31F5N4O2/c1-14(18-4-3-5-19(23(18)28)25(29)30)33-26(38)20-13-36(17-9-27(31,32)10-17)22(37)8-21(20)34-24-15-6-7-16(24)12-35(2)11-15/h3-5,8,13-17,24-25,34H,6-7,9-12H2,1-2H3,(H,33,38)/t14-,15-,16+,24+/m1/s1. The fourth-order valence-electron chi connectivity index (χ4n) is 6.26. The van der Waals surface area contributed by atoms with Gasteiger partial charge in [-0.25, -0.2) is 22.0 Å². The van der Waals surface area contributed by atoms with Crippen LogP contribution in [0.1, 0.15) is 72.6 Å². The van der Waals surface area contributed by atoms with Crippen LogP contribution in [0.4, 0.5) is 27.6 Å². The summed E-state index contributed by atoms with van der Waals surface area (Å²) in [6.45, 7) is 3.22. The molecule has 1 amide bonds. The summed E-state index contributed by atoms with van der Waals surface area (Å²) < 4.78 is 69.4. The number of hydrogen-bond acceptors (Lipinski definition) is 4. The molecule has 1 aromatic carbocycles. The van der Waals surface area contributed by atoms with Crippen molar-refractivity contribution >= 4 is 11.6 Å². The Morgan fingerprint density at radius 3 is 2.34 bits per heavy atom. The maximum Gasteiger partial charge on any atom is 0.266 e. The first-order valence-electron chi connectivity index (χ1n) is 12.9. The van der Waals surface area contributed by atoms with E-state index in [0.717, 1.165) is 36.6 Å². The van der Waals surface area contributed by atoms with E-state index in [0.29, 0.717) is 11.8 Å². The summed E-state index contributed by atoms with van der Waals surface area (Å²) in [5.41, 5.74) is -1.01. The Balaban J connectivity index is 1.45. The van der Waals surface area contributed by atoms with Gasteiger partial charge in [-0.1, -0.05) is 18.2 Å². The number of alkyl halides is 4. The van der Waals surface area contributed by atoms with Gasteiger partial charge < -0.3 is 20.1 Å². The first-order chi connectivity index (χ1) is 17.9. The lowest BCUT2D eigenvalue weighted by Gasteiger charge is -2.38. The minimum atomic E-state index is -3.01. The van der Waals surface area contributed by atoms with Crippen LogP contribution < -0.4 is 16.2 Å². The Hall–Kier alpha value is -2.95. The van der Waals surface area contributed by atoms with E-state index in [1.807, 2.05) is 0 Å². The van der Waals surface area contributed by atoms with Crippen molar-refractivity contribution in [1.82, 2.24) is 14.8 Å². The van der Waals surface area contributed by atoms with Gasteiger partial charge in [0.05, 0.1) is 22.9 Å². The second-order valence-electron chi connectivity index (χ2n) is 11.0. The van der Waals surface area contributed by atoms with E-state index < -0.39 is 60.1 Å². The fourth-order valence-corrected chi connectivity index (χ4v) is 6.26. The third kappa shape index (κ3) is 5.04. The average Bonchev–Trinajstić information content (AvgIpc) is 3.05. The number of likely N-dealkylation sites (tertiary alicyclic amines) is 1. The number of nitrogens with zero attached hydrogens (tertiary/aromatic N) is 2. The lowest BCUT2D eigenvalue weighted by atomic mass is 9.87. The van der Waals surface area contributed by atoms with Crippen LogP contribution >= 0.6 is 0 Å². The first kappa shape index (κ1) is 26.6. The SMILES string of the molecule is C[C@@H](NC(=O)c1cn(C2CC(F)(F)C2)c(=O)cc1N[C@H]1[C@@H]2CC[C@H]1CN(C)C2)c1cccc(C(F)F)c1F. The number of piperidine rings is 1. The molecule has 2 saturated carbocycles. The molecule has 0 unspecified atom stereocenters. The van der Waals surface area contributed by atoms with Crippen molar-refractivity contribution < 1.29 is 26.7 Å². The van der Waals surface area contributed by atoms with E-state index in [2.05, 4.69) is 22.6 Å². The average molecular weight is 539 g/mol. The highest BCUT2D eigenvalue weighted by Gasteiger charge is 2.47. The highest BCUT2D eigenvalue weighted by molar-refractivity contribution is 5.99. The van der Waals surface area contributed by atoms with Gasteiger partial charge in [0.1, 0.15) is 5.82 Å².